The van der Waals surface area contributed by atoms with Crippen molar-refractivity contribution >= 4 is 52.1 Å². The number of hydrogen-bond acceptors (Lipinski definition) is 4. The normalized spacial score (nSPS) is 10.7. The Morgan fingerprint density at radius 2 is 1.83 bits per heavy atom. The molecule has 3 N–H and O–H groups in total. The van der Waals surface area contributed by atoms with E-state index < -0.39 is 6.03 Å². The molecule has 2 amide bonds. The fraction of sp³-hybridized carbons (Fsp3) is 0.0500. The highest BCUT2D eigenvalue weighted by Crippen LogP contribution is 2.26. The number of carbonyl (C=O) groups is 1. The Kier molecular flexibility index (Phi) is 5.24. The van der Waals surface area contributed by atoms with Gasteiger partial charge < -0.3 is 16.0 Å². The van der Waals surface area contributed by atoms with Crippen molar-refractivity contribution in [2.24, 2.45) is 0 Å². The summed E-state index contributed by atoms with van der Waals surface area (Å²) in [5.41, 5.74) is 3.74. The quantitative estimate of drug-likeness (QED) is 0.408. The number of nitrogens with one attached hydrogen (secondary N) is 3. The summed E-state index contributed by atoms with van der Waals surface area (Å²) in [6, 6.07) is 11.9. The van der Waals surface area contributed by atoms with Crippen LogP contribution in [0.1, 0.15) is 0 Å². The second kappa shape index (κ2) is 7.98. The van der Waals surface area contributed by atoms with Crippen LogP contribution in [0.2, 0.25) is 10.0 Å². The molecule has 2 aromatic heterocycles. The van der Waals surface area contributed by atoms with E-state index in [0.29, 0.717) is 27.2 Å². The number of halogens is 2. The van der Waals surface area contributed by atoms with Gasteiger partial charge in [-0.2, -0.15) is 0 Å². The number of hydrogen-bond donors (Lipinski definition) is 3. The van der Waals surface area contributed by atoms with E-state index in [2.05, 4.69) is 25.9 Å². The highest BCUT2D eigenvalue weighted by atomic mass is 35.5. The van der Waals surface area contributed by atoms with Gasteiger partial charge in [0.25, 0.3) is 0 Å². The van der Waals surface area contributed by atoms with Gasteiger partial charge >= 0.3 is 6.03 Å². The molecule has 146 valence electrons. The van der Waals surface area contributed by atoms with Crippen molar-refractivity contribution in [1.29, 1.82) is 0 Å². The van der Waals surface area contributed by atoms with Crippen LogP contribution in [0.3, 0.4) is 0 Å². The van der Waals surface area contributed by atoms with Crippen LogP contribution >= 0.6 is 23.2 Å². The lowest BCUT2D eigenvalue weighted by Gasteiger charge is -2.10. The van der Waals surface area contributed by atoms with E-state index in [4.69, 9.17) is 23.2 Å². The Hall–Kier alpha value is -3.29. The van der Waals surface area contributed by atoms with Gasteiger partial charge in [-0.1, -0.05) is 35.3 Å². The molecule has 0 radical (unpaired) electrons. The zero-order chi connectivity index (χ0) is 20.4. The van der Waals surface area contributed by atoms with Crippen LogP contribution in [0.5, 0.6) is 0 Å². The summed E-state index contributed by atoms with van der Waals surface area (Å²) in [7, 11) is 1.80. The Labute approximate surface area is 176 Å². The molecule has 4 rings (SSSR count). The van der Waals surface area contributed by atoms with Crippen molar-refractivity contribution in [1.82, 2.24) is 14.4 Å². The maximum absolute atomic E-state index is 12.2. The van der Waals surface area contributed by atoms with E-state index in [1.165, 1.54) is 0 Å². The van der Waals surface area contributed by atoms with Crippen molar-refractivity contribution in [3.8, 4) is 11.3 Å². The molecule has 2 aromatic carbocycles. The first-order valence-corrected chi connectivity index (χ1v) is 9.44. The second-order valence-electron chi connectivity index (χ2n) is 6.14. The molecule has 9 heteroatoms. The smallest absolute Gasteiger partial charge is 0.323 e. The number of rotatable bonds is 4. The maximum Gasteiger partial charge on any atom is 0.323 e. The Bertz CT molecular complexity index is 1190. The molecule has 0 aliphatic carbocycles. The average molecular weight is 427 g/mol. The third kappa shape index (κ3) is 3.96. The lowest BCUT2D eigenvalue weighted by molar-refractivity contribution is 0.262. The molecular formula is C20H16Cl2N6O. The van der Waals surface area contributed by atoms with E-state index in [9.17, 15) is 4.79 Å². The predicted octanol–water partition coefficient (Wildman–Crippen LogP) is 5.39. The van der Waals surface area contributed by atoms with Gasteiger partial charge in [-0.15, -0.1) is 0 Å². The Balaban J connectivity index is 1.50. The summed E-state index contributed by atoms with van der Waals surface area (Å²) in [4.78, 5) is 20.9. The van der Waals surface area contributed by atoms with Crippen LogP contribution in [0, 0.1) is 0 Å². The van der Waals surface area contributed by atoms with E-state index >= 15 is 0 Å². The topological polar surface area (TPSA) is 83.3 Å². The molecule has 0 saturated carbocycles. The summed E-state index contributed by atoms with van der Waals surface area (Å²) in [5, 5.41) is 9.37. The summed E-state index contributed by atoms with van der Waals surface area (Å²) in [6.45, 7) is 0. The van der Waals surface area contributed by atoms with Crippen molar-refractivity contribution in [3.63, 3.8) is 0 Å². The van der Waals surface area contributed by atoms with Crippen molar-refractivity contribution in [2.45, 2.75) is 0 Å². The SMILES string of the molecule is CNc1nccn2c(-c3ccc(NC(=O)Nc4ccc(Cl)cc4Cl)cc3)cnc12. The lowest BCUT2D eigenvalue weighted by atomic mass is 10.1. The molecule has 7 nitrogen and oxygen atoms in total. The average Bonchev–Trinajstić information content (AvgIpc) is 3.15. The monoisotopic (exact) mass is 426 g/mol. The highest BCUT2D eigenvalue weighted by Gasteiger charge is 2.10. The molecule has 0 fully saturated rings. The third-order valence-corrected chi connectivity index (χ3v) is 4.83. The van der Waals surface area contributed by atoms with Crippen LogP contribution in [-0.2, 0) is 0 Å². The summed E-state index contributed by atoms with van der Waals surface area (Å²) >= 11 is 11.9. The van der Waals surface area contributed by atoms with Gasteiger partial charge in [0.2, 0.25) is 0 Å². The number of nitrogens with zero attached hydrogens (tertiary/aromatic N) is 3. The molecule has 0 atom stereocenters. The van der Waals surface area contributed by atoms with Gasteiger partial charge in [0.1, 0.15) is 0 Å². The Morgan fingerprint density at radius 1 is 1.03 bits per heavy atom. The fourth-order valence-electron chi connectivity index (χ4n) is 2.91. The molecule has 2 heterocycles. The van der Waals surface area contributed by atoms with Crippen molar-refractivity contribution in [3.05, 3.63) is 71.1 Å². The minimum Gasteiger partial charge on any atom is -0.370 e. The molecule has 4 aromatic rings. The standard InChI is InChI=1S/C20H16Cl2N6O/c1-23-18-19-25-11-17(28(19)9-8-24-18)12-2-5-14(6-3-12)26-20(29)27-16-7-4-13(21)10-15(16)22/h2-11H,1H3,(H,23,24)(H2,26,27,29). The maximum atomic E-state index is 12.2. The first-order chi connectivity index (χ1) is 14.0. The van der Waals surface area contributed by atoms with Crippen molar-refractivity contribution < 1.29 is 4.79 Å². The van der Waals surface area contributed by atoms with E-state index in [0.717, 1.165) is 16.9 Å². The van der Waals surface area contributed by atoms with E-state index in [1.54, 1.807) is 37.6 Å². The largest absolute Gasteiger partial charge is 0.370 e. The van der Waals surface area contributed by atoms with Gasteiger partial charge in [0.15, 0.2) is 11.5 Å². The molecule has 0 spiro atoms. The van der Waals surface area contributed by atoms with Crippen molar-refractivity contribution in [2.75, 3.05) is 23.0 Å². The number of amides is 2. The Morgan fingerprint density at radius 3 is 2.55 bits per heavy atom. The highest BCUT2D eigenvalue weighted by molar-refractivity contribution is 6.36. The van der Waals surface area contributed by atoms with Crippen LogP contribution in [0.25, 0.3) is 16.9 Å². The van der Waals surface area contributed by atoms with E-state index in [-0.39, 0.29) is 0 Å². The van der Waals surface area contributed by atoms with Crippen LogP contribution < -0.4 is 16.0 Å². The summed E-state index contributed by atoms with van der Waals surface area (Å²) < 4.78 is 1.95. The third-order valence-electron chi connectivity index (χ3n) is 4.28. The van der Waals surface area contributed by atoms with E-state index in [1.807, 2.05) is 34.9 Å². The molecule has 29 heavy (non-hydrogen) atoms. The number of urea groups is 1. The number of carbonyl (C=O) groups excluding carboxylic acids is 1. The second-order valence-corrected chi connectivity index (χ2v) is 6.99. The van der Waals surface area contributed by atoms with Gasteiger partial charge in [-0.05, 0) is 30.3 Å². The van der Waals surface area contributed by atoms with Crippen LogP contribution in [0.15, 0.2) is 61.1 Å². The first kappa shape index (κ1) is 19.0. The summed E-state index contributed by atoms with van der Waals surface area (Å²) in [6.07, 6.45) is 5.36. The lowest BCUT2D eigenvalue weighted by Crippen LogP contribution is -2.19. The zero-order valence-corrected chi connectivity index (χ0v) is 16.8. The number of aromatic nitrogens is 3. The van der Waals surface area contributed by atoms with Gasteiger partial charge in [-0.25, -0.2) is 14.8 Å². The van der Waals surface area contributed by atoms with Gasteiger partial charge in [-0.3, -0.25) is 4.40 Å². The minimum absolute atomic E-state index is 0.367. The molecular weight excluding hydrogens is 411 g/mol. The van der Waals surface area contributed by atoms with Crippen LogP contribution in [-0.4, -0.2) is 27.4 Å². The van der Waals surface area contributed by atoms with Crippen LogP contribution in [0.4, 0.5) is 22.0 Å². The number of benzene rings is 2. The molecule has 0 unspecified atom stereocenters. The number of anilines is 3. The zero-order valence-electron chi connectivity index (χ0n) is 15.3. The molecule has 0 aliphatic heterocycles. The number of fused-ring (bicyclic) bond motifs is 1. The number of imidazole rings is 1. The minimum atomic E-state index is -0.401. The predicted molar refractivity (Wildman–Crippen MR) is 117 cm³/mol. The molecule has 0 saturated heterocycles. The molecule has 0 aliphatic rings. The van der Waals surface area contributed by atoms with Gasteiger partial charge in [0.05, 0.1) is 22.6 Å². The molecule has 0 bridgehead atoms. The fourth-order valence-corrected chi connectivity index (χ4v) is 3.36. The summed E-state index contributed by atoms with van der Waals surface area (Å²) in [5.74, 6) is 0.703. The van der Waals surface area contributed by atoms with Gasteiger partial charge in [0, 0.05) is 35.7 Å². The first-order valence-electron chi connectivity index (χ1n) is 8.68.